The van der Waals surface area contributed by atoms with Crippen LogP contribution in [0.2, 0.25) is 0 Å². The summed E-state index contributed by atoms with van der Waals surface area (Å²) in [6.45, 7) is 0. The predicted molar refractivity (Wildman–Crippen MR) is 49.5 cm³/mol. The second kappa shape index (κ2) is 3.41. The normalized spacial score (nSPS) is 10.1. The third-order valence-corrected chi connectivity index (χ3v) is 1.86. The predicted octanol–water partition coefficient (Wildman–Crippen LogP) is 0.728. The van der Waals surface area contributed by atoms with Crippen LogP contribution < -0.4 is 5.56 Å². The molecule has 0 radical (unpaired) electrons. The molecule has 2 heterocycles. The number of carboxylic acids is 1. The maximum absolute atomic E-state index is 11.2. The number of rotatable bonds is 2. The molecule has 15 heavy (non-hydrogen) atoms. The smallest absolute Gasteiger partial charge is 0.342 e. The Bertz CT molecular complexity index is 541. The number of nitrogens with zero attached hydrogens (tertiary/aromatic N) is 1. The fourth-order valence-electron chi connectivity index (χ4n) is 1.23. The lowest BCUT2D eigenvalue weighted by molar-refractivity contribution is 0.0695. The number of aromatic nitrogens is 2. The molecule has 0 unspecified atom stereocenters. The highest BCUT2D eigenvalue weighted by Gasteiger charge is 2.17. The molecule has 0 aromatic carbocycles. The van der Waals surface area contributed by atoms with Crippen molar-refractivity contribution in [2.45, 2.75) is 0 Å². The summed E-state index contributed by atoms with van der Waals surface area (Å²) >= 11 is 0. The van der Waals surface area contributed by atoms with Crippen LogP contribution in [0.4, 0.5) is 0 Å². The van der Waals surface area contributed by atoms with E-state index in [-0.39, 0.29) is 11.1 Å². The van der Waals surface area contributed by atoms with Gasteiger partial charge >= 0.3 is 5.97 Å². The highest BCUT2D eigenvalue weighted by molar-refractivity contribution is 5.94. The van der Waals surface area contributed by atoms with Gasteiger partial charge in [-0.25, -0.2) is 9.89 Å². The van der Waals surface area contributed by atoms with E-state index >= 15 is 0 Å². The van der Waals surface area contributed by atoms with Gasteiger partial charge in [0, 0.05) is 0 Å². The standard InChI is InChI=1S/C9H6N2O4/c12-8-7(9(13)14)5(4-10-11-8)6-2-1-3-15-6/h1-4H,(H,11,12)(H,13,14). The number of aromatic amines is 1. The van der Waals surface area contributed by atoms with Gasteiger partial charge < -0.3 is 9.52 Å². The van der Waals surface area contributed by atoms with Gasteiger partial charge in [0.2, 0.25) is 0 Å². The lowest BCUT2D eigenvalue weighted by atomic mass is 10.1. The Morgan fingerprint density at radius 3 is 2.93 bits per heavy atom. The molecule has 0 aliphatic carbocycles. The summed E-state index contributed by atoms with van der Waals surface area (Å²) in [6, 6.07) is 3.16. The third-order valence-electron chi connectivity index (χ3n) is 1.86. The molecule has 0 fully saturated rings. The topological polar surface area (TPSA) is 96.2 Å². The lowest BCUT2D eigenvalue weighted by Gasteiger charge is -1.99. The molecule has 76 valence electrons. The minimum absolute atomic E-state index is 0.163. The molecular weight excluding hydrogens is 200 g/mol. The molecule has 2 rings (SSSR count). The second-order valence-electron chi connectivity index (χ2n) is 2.77. The van der Waals surface area contributed by atoms with Gasteiger partial charge in [0.15, 0.2) is 0 Å². The van der Waals surface area contributed by atoms with Crippen LogP contribution in [-0.4, -0.2) is 21.3 Å². The fraction of sp³-hybridized carbons (Fsp3) is 0. The number of hydrogen-bond acceptors (Lipinski definition) is 4. The van der Waals surface area contributed by atoms with E-state index in [4.69, 9.17) is 9.52 Å². The first-order valence-corrected chi connectivity index (χ1v) is 4.05. The second-order valence-corrected chi connectivity index (χ2v) is 2.77. The number of aromatic carboxylic acids is 1. The molecular formula is C9H6N2O4. The number of carboxylic acid groups (broad SMARTS) is 1. The van der Waals surface area contributed by atoms with Crippen molar-refractivity contribution in [2.24, 2.45) is 0 Å². The van der Waals surface area contributed by atoms with E-state index in [1.54, 1.807) is 12.1 Å². The number of hydrogen-bond donors (Lipinski definition) is 2. The van der Waals surface area contributed by atoms with E-state index in [9.17, 15) is 9.59 Å². The first-order chi connectivity index (χ1) is 7.20. The Morgan fingerprint density at radius 2 is 2.33 bits per heavy atom. The number of carbonyl (C=O) groups is 1. The molecule has 2 N–H and O–H groups in total. The van der Waals surface area contributed by atoms with Crippen molar-refractivity contribution in [3.63, 3.8) is 0 Å². The van der Waals surface area contributed by atoms with Gasteiger partial charge in [0.05, 0.1) is 18.0 Å². The summed E-state index contributed by atoms with van der Waals surface area (Å²) in [5, 5.41) is 14.4. The van der Waals surface area contributed by atoms with Crippen LogP contribution in [0.5, 0.6) is 0 Å². The molecule has 2 aromatic rings. The molecule has 2 aromatic heterocycles. The number of nitrogens with one attached hydrogen (secondary N) is 1. The van der Waals surface area contributed by atoms with Crippen LogP contribution >= 0.6 is 0 Å². The Kier molecular flexibility index (Phi) is 2.09. The van der Waals surface area contributed by atoms with Crippen LogP contribution in [0.15, 0.2) is 33.8 Å². The van der Waals surface area contributed by atoms with Gasteiger partial charge in [-0.1, -0.05) is 0 Å². The van der Waals surface area contributed by atoms with Gasteiger partial charge in [0.25, 0.3) is 5.56 Å². The minimum Gasteiger partial charge on any atom is -0.477 e. The van der Waals surface area contributed by atoms with Crippen LogP contribution in [0.1, 0.15) is 10.4 Å². The summed E-state index contributed by atoms with van der Waals surface area (Å²) in [5.74, 6) is -1.02. The van der Waals surface area contributed by atoms with Crippen molar-refractivity contribution in [3.05, 3.63) is 40.5 Å². The average molecular weight is 206 g/mol. The van der Waals surface area contributed by atoms with Crippen LogP contribution in [0, 0.1) is 0 Å². The van der Waals surface area contributed by atoms with Crippen molar-refractivity contribution in [3.8, 4) is 11.3 Å². The van der Waals surface area contributed by atoms with E-state index in [0.29, 0.717) is 5.76 Å². The summed E-state index contributed by atoms with van der Waals surface area (Å²) < 4.78 is 5.01. The molecule has 6 heteroatoms. The van der Waals surface area contributed by atoms with E-state index in [0.717, 1.165) is 0 Å². The maximum atomic E-state index is 11.2. The average Bonchev–Trinajstić information content (AvgIpc) is 2.69. The summed E-state index contributed by atoms with van der Waals surface area (Å²) in [4.78, 5) is 22.1. The largest absolute Gasteiger partial charge is 0.477 e. The number of furan rings is 1. The van der Waals surface area contributed by atoms with E-state index in [1.807, 2.05) is 0 Å². The fourth-order valence-corrected chi connectivity index (χ4v) is 1.23. The van der Waals surface area contributed by atoms with Gasteiger partial charge in [-0.2, -0.15) is 5.10 Å². The Hall–Kier alpha value is -2.37. The quantitative estimate of drug-likeness (QED) is 0.754. The first-order valence-electron chi connectivity index (χ1n) is 4.05. The Labute approximate surface area is 83.2 Å². The lowest BCUT2D eigenvalue weighted by Crippen LogP contribution is -2.19. The zero-order chi connectivity index (χ0) is 10.8. The van der Waals surface area contributed by atoms with Gasteiger partial charge in [0.1, 0.15) is 11.3 Å². The van der Waals surface area contributed by atoms with Crippen LogP contribution in [-0.2, 0) is 0 Å². The minimum atomic E-state index is -1.31. The molecule has 0 saturated carbocycles. The van der Waals surface area contributed by atoms with Crippen molar-refractivity contribution in [1.29, 1.82) is 0 Å². The monoisotopic (exact) mass is 206 g/mol. The summed E-state index contributed by atoms with van der Waals surface area (Å²) in [6.07, 6.45) is 2.63. The molecule has 0 saturated heterocycles. The molecule has 6 nitrogen and oxygen atoms in total. The van der Waals surface area contributed by atoms with Crippen molar-refractivity contribution in [2.75, 3.05) is 0 Å². The molecule has 0 aliphatic heterocycles. The van der Waals surface area contributed by atoms with E-state index in [2.05, 4.69) is 10.2 Å². The van der Waals surface area contributed by atoms with Crippen molar-refractivity contribution < 1.29 is 14.3 Å². The Balaban J connectivity index is 2.72. The molecule has 0 bridgehead atoms. The zero-order valence-electron chi connectivity index (χ0n) is 7.43. The van der Waals surface area contributed by atoms with Crippen molar-refractivity contribution in [1.82, 2.24) is 10.2 Å². The highest BCUT2D eigenvalue weighted by atomic mass is 16.4. The summed E-state index contributed by atoms with van der Waals surface area (Å²) in [7, 11) is 0. The van der Waals surface area contributed by atoms with E-state index in [1.165, 1.54) is 12.5 Å². The van der Waals surface area contributed by atoms with Crippen molar-refractivity contribution >= 4 is 5.97 Å². The maximum Gasteiger partial charge on any atom is 0.342 e. The SMILES string of the molecule is O=C(O)c1c(-c2ccco2)cn[nH]c1=O. The van der Waals surface area contributed by atoms with E-state index < -0.39 is 11.5 Å². The summed E-state index contributed by atoms with van der Waals surface area (Å²) in [5.41, 5.74) is -0.965. The van der Waals surface area contributed by atoms with Gasteiger partial charge in [-0.05, 0) is 12.1 Å². The molecule has 0 atom stereocenters. The Morgan fingerprint density at radius 1 is 1.53 bits per heavy atom. The van der Waals surface area contributed by atoms with Crippen LogP contribution in [0.3, 0.4) is 0 Å². The zero-order valence-corrected chi connectivity index (χ0v) is 7.43. The molecule has 0 amide bonds. The van der Waals surface area contributed by atoms with Crippen LogP contribution in [0.25, 0.3) is 11.3 Å². The third kappa shape index (κ3) is 1.52. The molecule has 0 aliphatic rings. The van der Waals surface area contributed by atoms with Gasteiger partial charge in [-0.15, -0.1) is 0 Å². The molecule has 0 spiro atoms. The van der Waals surface area contributed by atoms with Gasteiger partial charge in [-0.3, -0.25) is 4.79 Å². The number of H-pyrrole nitrogens is 1. The first kappa shape index (κ1) is 9.20. The highest BCUT2D eigenvalue weighted by Crippen LogP contribution is 2.20.